The van der Waals surface area contributed by atoms with E-state index < -0.39 is 58.3 Å². The van der Waals surface area contributed by atoms with Gasteiger partial charge in [-0.1, -0.05) is 30.3 Å². The van der Waals surface area contributed by atoms with Crippen molar-refractivity contribution in [3.8, 4) is 0 Å². The molecule has 3 unspecified atom stereocenters. The van der Waals surface area contributed by atoms with Crippen LogP contribution < -0.4 is 16.0 Å². The van der Waals surface area contributed by atoms with Crippen molar-refractivity contribution in [1.82, 2.24) is 20.4 Å². The smallest absolute Gasteiger partial charge is 0.410 e. The second-order valence-electron chi connectivity index (χ2n) is 16.4. The van der Waals surface area contributed by atoms with Crippen LogP contribution in [0.3, 0.4) is 0 Å². The van der Waals surface area contributed by atoms with Gasteiger partial charge in [0.05, 0.1) is 18.7 Å². The summed E-state index contributed by atoms with van der Waals surface area (Å²) in [6, 6.07) is 16.3. The van der Waals surface area contributed by atoms with E-state index in [2.05, 4.69) is 22.0 Å². The summed E-state index contributed by atoms with van der Waals surface area (Å²) >= 11 is 1.39. The van der Waals surface area contributed by atoms with Gasteiger partial charge in [-0.25, -0.2) is 9.59 Å². The van der Waals surface area contributed by atoms with E-state index in [1.807, 2.05) is 44.4 Å². The van der Waals surface area contributed by atoms with E-state index in [1.165, 1.54) is 65.5 Å². The Labute approximate surface area is 345 Å². The second kappa shape index (κ2) is 18.0. The molecule has 14 heteroatoms. The van der Waals surface area contributed by atoms with Crippen molar-refractivity contribution in [3.05, 3.63) is 100 Å². The number of benzene rings is 3. The first-order valence-corrected chi connectivity index (χ1v) is 20.7. The number of amides is 5. The molecule has 1 aliphatic carbocycles. The van der Waals surface area contributed by atoms with E-state index >= 15 is 4.79 Å². The van der Waals surface area contributed by atoms with E-state index in [9.17, 15) is 24.0 Å². The lowest BCUT2D eigenvalue weighted by Gasteiger charge is -2.42. The van der Waals surface area contributed by atoms with Crippen molar-refractivity contribution in [3.63, 3.8) is 0 Å². The van der Waals surface area contributed by atoms with Crippen LogP contribution in [0.15, 0.2) is 66.7 Å². The normalized spacial score (nSPS) is 17.4. The van der Waals surface area contributed by atoms with Gasteiger partial charge in [0.25, 0.3) is 5.91 Å². The van der Waals surface area contributed by atoms with Crippen molar-refractivity contribution in [2.24, 2.45) is 0 Å². The van der Waals surface area contributed by atoms with Gasteiger partial charge in [0.2, 0.25) is 17.7 Å². The number of methoxy groups -OCH3 is 1. The fourth-order valence-electron chi connectivity index (χ4n) is 7.13. The van der Waals surface area contributed by atoms with Gasteiger partial charge >= 0.3 is 12.1 Å². The van der Waals surface area contributed by atoms with E-state index in [0.29, 0.717) is 16.8 Å². The molecule has 0 saturated heterocycles. The lowest BCUT2D eigenvalue weighted by Crippen LogP contribution is -2.63. The fraction of sp³-hybridized carbons (Fsp3) is 0.455. The van der Waals surface area contributed by atoms with Crippen LogP contribution in [-0.2, 0) is 43.2 Å². The zero-order valence-corrected chi connectivity index (χ0v) is 35.6. The maximum absolute atomic E-state index is 15.0. The first-order valence-electron chi connectivity index (χ1n) is 19.4. The molecule has 58 heavy (non-hydrogen) atoms. The highest BCUT2D eigenvalue weighted by Gasteiger charge is 2.45. The minimum absolute atomic E-state index is 0.0231. The number of nitrogens with zero attached hydrogens (tertiary/aromatic N) is 2. The van der Waals surface area contributed by atoms with Crippen molar-refractivity contribution >= 4 is 53.1 Å². The van der Waals surface area contributed by atoms with Crippen molar-refractivity contribution in [1.29, 1.82) is 0 Å². The Morgan fingerprint density at radius 2 is 1.57 bits per heavy atom. The third-order valence-corrected chi connectivity index (χ3v) is 12.1. The molecule has 1 aliphatic heterocycles. The summed E-state index contributed by atoms with van der Waals surface area (Å²) in [4.78, 5) is 84.1. The maximum atomic E-state index is 15.0. The summed E-state index contributed by atoms with van der Waals surface area (Å²) < 4.78 is 9.39. The zero-order valence-electron chi connectivity index (χ0n) is 34.8. The molecule has 0 fully saturated rings. The van der Waals surface area contributed by atoms with Crippen LogP contribution in [-0.4, -0.2) is 94.4 Å². The lowest BCUT2D eigenvalue weighted by atomic mass is 9.87. The van der Waals surface area contributed by atoms with Gasteiger partial charge in [-0.2, -0.15) is 11.8 Å². The summed E-state index contributed by atoms with van der Waals surface area (Å²) in [7, 11) is 2.75. The maximum Gasteiger partial charge on any atom is 0.410 e. The number of carbonyl (C=O) groups is 6. The third kappa shape index (κ3) is 10.2. The van der Waals surface area contributed by atoms with E-state index in [1.54, 1.807) is 39.8 Å². The second-order valence-corrected chi connectivity index (χ2v) is 17.8. The Kier molecular flexibility index (Phi) is 13.6. The standard InChI is InChI=1S/C44H55N5O8S/c1-26(48(7)42(55)57-43(2,3)4)37(50)47-36(44(5,6)58-9)40(53)49-25-31-23-32(45-38(51)28-17-19-29(20-18-28)41(54)56-8)22-21-30(31)24-35(49)39(52)46-34-16-12-14-27-13-10-11-15-33(27)34/h10-11,13,15,17-23,26,34-36H,12,14,16,24-25H2,1-9H3,(H,45,51)(H,46,52)(H,47,50)/t26?,34-,35?,36?/m1/s1. The molecule has 3 aromatic rings. The summed E-state index contributed by atoms with van der Waals surface area (Å²) in [6.45, 7) is 10.5. The molecule has 3 N–H and O–H groups in total. The number of anilines is 1. The number of nitrogens with one attached hydrogen (secondary N) is 3. The summed E-state index contributed by atoms with van der Waals surface area (Å²) in [6.07, 6.45) is 3.95. The molecule has 0 radical (unpaired) electrons. The van der Waals surface area contributed by atoms with E-state index in [0.717, 1.165) is 36.0 Å². The largest absolute Gasteiger partial charge is 0.465 e. The lowest BCUT2D eigenvalue weighted by molar-refractivity contribution is -0.145. The number of aryl methyl sites for hydroxylation is 1. The Hall–Kier alpha value is -5.37. The minimum atomic E-state index is -1.10. The Bertz CT molecular complexity index is 2050. The molecule has 0 bridgehead atoms. The molecule has 0 spiro atoms. The van der Waals surface area contributed by atoms with Crippen LogP contribution >= 0.6 is 11.8 Å². The Morgan fingerprint density at radius 1 is 0.897 bits per heavy atom. The number of hydrogen-bond donors (Lipinski definition) is 3. The summed E-state index contributed by atoms with van der Waals surface area (Å²) in [5, 5.41) is 9.09. The molecule has 1 heterocycles. The number of carbonyl (C=O) groups excluding carboxylic acids is 6. The average molecular weight is 814 g/mol. The van der Waals surface area contributed by atoms with Crippen molar-refractivity contribution in [2.75, 3.05) is 25.7 Å². The van der Waals surface area contributed by atoms with Gasteiger partial charge in [0, 0.05) is 36.0 Å². The Balaban J connectivity index is 1.45. The highest BCUT2D eigenvalue weighted by molar-refractivity contribution is 8.00. The number of ether oxygens (including phenoxy) is 2. The fourth-order valence-corrected chi connectivity index (χ4v) is 7.52. The molecule has 3 aromatic carbocycles. The van der Waals surface area contributed by atoms with Crippen LogP contribution in [0.1, 0.15) is 103 Å². The first-order chi connectivity index (χ1) is 27.3. The first kappa shape index (κ1) is 43.7. The van der Waals surface area contributed by atoms with Gasteiger partial charge < -0.3 is 30.3 Å². The van der Waals surface area contributed by atoms with Crippen LogP contribution in [0, 0.1) is 0 Å². The molecule has 0 aromatic heterocycles. The molecule has 4 atom stereocenters. The summed E-state index contributed by atoms with van der Waals surface area (Å²) in [5.74, 6) is -2.24. The average Bonchev–Trinajstić information content (AvgIpc) is 3.20. The molecule has 5 rings (SSSR count). The quantitative estimate of drug-likeness (QED) is 0.196. The number of likely N-dealkylation sites (N-methyl/N-ethyl adjacent to an activating group) is 1. The number of thioether (sulfide) groups is 1. The third-order valence-electron chi connectivity index (χ3n) is 10.8. The zero-order chi connectivity index (χ0) is 42.5. The molecule has 13 nitrogen and oxygen atoms in total. The highest BCUT2D eigenvalue weighted by Crippen LogP contribution is 2.34. The number of fused-ring (bicyclic) bond motifs is 2. The van der Waals surface area contributed by atoms with Gasteiger partial charge in [0.15, 0.2) is 0 Å². The van der Waals surface area contributed by atoms with Crippen molar-refractivity contribution < 1.29 is 38.2 Å². The molecule has 0 saturated carbocycles. The predicted octanol–water partition coefficient (Wildman–Crippen LogP) is 6.05. The SMILES string of the molecule is COC(=O)c1ccc(C(=O)Nc2ccc3c(c2)CN(C(=O)C(NC(=O)C(C)N(C)C(=O)OC(C)(C)C)C(C)(C)SC)C(C(=O)N[C@@H]2CCCc4ccccc42)C3)cc1. The number of hydrogen-bond acceptors (Lipinski definition) is 9. The summed E-state index contributed by atoms with van der Waals surface area (Å²) in [5.41, 5.74) is 4.15. The van der Waals surface area contributed by atoms with Crippen LogP contribution in [0.4, 0.5) is 10.5 Å². The Morgan fingerprint density at radius 3 is 2.22 bits per heavy atom. The topological polar surface area (TPSA) is 163 Å². The predicted molar refractivity (Wildman–Crippen MR) is 223 cm³/mol. The van der Waals surface area contributed by atoms with Gasteiger partial charge in [0.1, 0.15) is 23.7 Å². The number of rotatable bonds is 11. The monoisotopic (exact) mass is 813 g/mol. The highest BCUT2D eigenvalue weighted by atomic mass is 32.2. The molecule has 5 amide bonds. The molecular weight excluding hydrogens is 759 g/mol. The van der Waals surface area contributed by atoms with Gasteiger partial charge in [-0.15, -0.1) is 0 Å². The van der Waals surface area contributed by atoms with Crippen LogP contribution in [0.25, 0.3) is 0 Å². The van der Waals surface area contributed by atoms with Gasteiger partial charge in [-0.3, -0.25) is 24.1 Å². The van der Waals surface area contributed by atoms with E-state index in [4.69, 9.17) is 9.47 Å². The van der Waals surface area contributed by atoms with E-state index in [-0.39, 0.29) is 24.9 Å². The molecule has 310 valence electrons. The number of esters is 1. The van der Waals surface area contributed by atoms with Crippen LogP contribution in [0.2, 0.25) is 0 Å². The minimum Gasteiger partial charge on any atom is -0.465 e. The van der Waals surface area contributed by atoms with Gasteiger partial charge in [-0.05, 0) is 126 Å². The van der Waals surface area contributed by atoms with Crippen LogP contribution in [0.5, 0.6) is 0 Å². The molecular formula is C44H55N5O8S. The van der Waals surface area contributed by atoms with Crippen molar-refractivity contribution in [2.45, 2.75) is 108 Å². The molecule has 2 aliphatic rings.